The van der Waals surface area contributed by atoms with E-state index in [1.54, 1.807) is 0 Å². The highest BCUT2D eigenvalue weighted by atomic mass is 16.6. The van der Waals surface area contributed by atoms with Crippen molar-refractivity contribution in [3.05, 3.63) is 24.8 Å². The zero-order valence-corrected chi connectivity index (χ0v) is 30.9. The molecule has 0 saturated heterocycles. The Kier molecular flexibility index (Phi) is 35.1. The Bertz CT molecular complexity index is 761. The molecule has 0 aliphatic carbocycles. The lowest BCUT2D eigenvalue weighted by atomic mass is 10.0. The average molecular weight is 663 g/mol. The quantitative estimate of drug-likeness (QED) is 0.0287. The molecule has 6 nitrogen and oxygen atoms in total. The maximum Gasteiger partial charge on any atom is 0.306 e. The van der Waals surface area contributed by atoms with E-state index in [1.165, 1.54) is 77.0 Å². The molecule has 1 unspecified atom stereocenters. The Labute approximate surface area is 290 Å². The summed E-state index contributed by atoms with van der Waals surface area (Å²) in [5.41, 5.74) is 0. The van der Waals surface area contributed by atoms with Gasteiger partial charge in [-0.1, -0.05) is 148 Å². The number of rotatable bonds is 36. The van der Waals surface area contributed by atoms with E-state index in [1.807, 2.05) is 6.08 Å². The molecule has 0 aliphatic heterocycles. The van der Waals surface area contributed by atoms with Gasteiger partial charge in [-0.2, -0.15) is 0 Å². The van der Waals surface area contributed by atoms with Gasteiger partial charge in [0.25, 0.3) is 0 Å². The van der Waals surface area contributed by atoms with Crippen molar-refractivity contribution in [2.24, 2.45) is 0 Å². The van der Waals surface area contributed by atoms with Crippen LogP contribution >= 0.6 is 0 Å². The Morgan fingerprint density at radius 3 is 1.30 bits per heavy atom. The molecule has 0 spiro atoms. The molecule has 0 rings (SSSR count). The van der Waals surface area contributed by atoms with Crippen molar-refractivity contribution in [2.75, 3.05) is 13.2 Å². The Morgan fingerprint density at radius 2 is 0.872 bits per heavy atom. The minimum Gasteiger partial charge on any atom is -0.462 e. The van der Waals surface area contributed by atoms with E-state index < -0.39 is 6.10 Å². The Hall–Kier alpha value is -2.11. The topological polar surface area (TPSA) is 78.9 Å². The molecule has 0 aromatic heterocycles. The minimum atomic E-state index is -0.771. The number of ether oxygens (including phenoxy) is 3. The van der Waals surface area contributed by atoms with Crippen molar-refractivity contribution in [1.29, 1.82) is 0 Å². The molecule has 0 N–H and O–H groups in total. The summed E-state index contributed by atoms with van der Waals surface area (Å²) in [6.45, 7) is 7.99. The number of allylic oxidation sites excluding steroid dienone is 3. The molecule has 0 aromatic rings. The van der Waals surface area contributed by atoms with Crippen molar-refractivity contribution in [1.82, 2.24) is 0 Å². The summed E-state index contributed by atoms with van der Waals surface area (Å²) in [5.74, 6) is -0.917. The smallest absolute Gasteiger partial charge is 0.306 e. The normalized spacial score (nSPS) is 11.9. The first kappa shape index (κ1) is 44.9. The molecule has 274 valence electrons. The van der Waals surface area contributed by atoms with Crippen molar-refractivity contribution in [3.63, 3.8) is 0 Å². The molecule has 6 heteroatoms. The standard InChI is InChI=1S/C41H74O6/c1-4-7-10-13-16-18-19-20-21-23-26-29-32-35-41(44)47-38(36-45-39(42)33-30-27-24-15-12-9-6-3)37-46-40(43)34-31-28-25-22-17-14-11-8-5-2/h6,8,11,38H,3-5,7,9-10,12-37H2,1-2H3/b11-8-. The van der Waals surface area contributed by atoms with Crippen molar-refractivity contribution in [2.45, 2.75) is 206 Å². The molecular formula is C41H74O6. The first-order chi connectivity index (χ1) is 23.0. The summed E-state index contributed by atoms with van der Waals surface area (Å²) < 4.78 is 16.5. The summed E-state index contributed by atoms with van der Waals surface area (Å²) in [4.78, 5) is 37.3. The lowest BCUT2D eigenvalue weighted by Crippen LogP contribution is -2.30. The monoisotopic (exact) mass is 663 g/mol. The molecule has 47 heavy (non-hydrogen) atoms. The molecule has 0 fully saturated rings. The third-order valence-electron chi connectivity index (χ3n) is 8.59. The highest BCUT2D eigenvalue weighted by Crippen LogP contribution is 2.14. The van der Waals surface area contributed by atoms with Crippen LogP contribution in [-0.2, 0) is 28.6 Å². The van der Waals surface area contributed by atoms with Gasteiger partial charge in [-0.15, -0.1) is 6.58 Å². The fourth-order valence-electron chi connectivity index (χ4n) is 5.60. The van der Waals surface area contributed by atoms with Gasteiger partial charge in [-0.25, -0.2) is 0 Å². The average Bonchev–Trinajstić information content (AvgIpc) is 3.06. The van der Waals surface area contributed by atoms with E-state index in [2.05, 4.69) is 32.6 Å². The van der Waals surface area contributed by atoms with Gasteiger partial charge in [-0.3, -0.25) is 14.4 Å². The van der Waals surface area contributed by atoms with E-state index in [-0.39, 0.29) is 31.1 Å². The molecule has 0 aliphatic rings. The molecule has 0 amide bonds. The maximum atomic E-state index is 12.6. The van der Waals surface area contributed by atoms with Crippen LogP contribution in [0.1, 0.15) is 200 Å². The van der Waals surface area contributed by atoms with E-state index in [9.17, 15) is 14.4 Å². The maximum absolute atomic E-state index is 12.6. The summed E-state index contributed by atoms with van der Waals surface area (Å²) in [5, 5.41) is 0. The molecule has 0 saturated carbocycles. The van der Waals surface area contributed by atoms with Crippen LogP contribution in [0.25, 0.3) is 0 Å². The van der Waals surface area contributed by atoms with Crippen LogP contribution in [-0.4, -0.2) is 37.2 Å². The predicted molar refractivity (Wildman–Crippen MR) is 196 cm³/mol. The highest BCUT2D eigenvalue weighted by Gasteiger charge is 2.19. The van der Waals surface area contributed by atoms with Gasteiger partial charge in [-0.05, 0) is 51.4 Å². The zero-order valence-electron chi connectivity index (χ0n) is 30.9. The SMILES string of the molecule is C=CCCCCCCCC(=O)OCC(COC(=O)CCCCCCC/C=C\CC)OC(=O)CCCCCCCCCCCCCCC. The fourth-order valence-corrected chi connectivity index (χ4v) is 5.60. The zero-order chi connectivity index (χ0) is 34.5. The van der Waals surface area contributed by atoms with Crippen molar-refractivity contribution in [3.8, 4) is 0 Å². The van der Waals surface area contributed by atoms with E-state index >= 15 is 0 Å². The number of hydrogen-bond donors (Lipinski definition) is 0. The van der Waals surface area contributed by atoms with Gasteiger partial charge in [0.15, 0.2) is 6.10 Å². The third kappa shape index (κ3) is 35.0. The molecule has 0 aromatic carbocycles. The number of hydrogen-bond acceptors (Lipinski definition) is 6. The second-order valence-corrected chi connectivity index (χ2v) is 13.3. The summed E-state index contributed by atoms with van der Waals surface area (Å²) >= 11 is 0. The number of carbonyl (C=O) groups excluding carboxylic acids is 3. The second-order valence-electron chi connectivity index (χ2n) is 13.3. The van der Waals surface area contributed by atoms with Gasteiger partial charge in [0.1, 0.15) is 13.2 Å². The first-order valence-corrected chi connectivity index (χ1v) is 19.8. The van der Waals surface area contributed by atoms with Crippen LogP contribution in [0.4, 0.5) is 0 Å². The molecular weight excluding hydrogens is 588 g/mol. The summed E-state index contributed by atoms with van der Waals surface area (Å²) in [7, 11) is 0. The van der Waals surface area contributed by atoms with E-state index in [0.717, 1.165) is 89.9 Å². The van der Waals surface area contributed by atoms with E-state index in [4.69, 9.17) is 14.2 Å². The number of unbranched alkanes of at least 4 members (excludes halogenated alkanes) is 22. The minimum absolute atomic E-state index is 0.0798. The lowest BCUT2D eigenvalue weighted by molar-refractivity contribution is -0.167. The Morgan fingerprint density at radius 1 is 0.489 bits per heavy atom. The Balaban J connectivity index is 4.32. The van der Waals surface area contributed by atoms with Crippen LogP contribution in [0.5, 0.6) is 0 Å². The fraction of sp³-hybridized carbons (Fsp3) is 0.829. The van der Waals surface area contributed by atoms with Crippen LogP contribution in [0.3, 0.4) is 0 Å². The second kappa shape index (κ2) is 36.7. The summed E-state index contributed by atoms with van der Waals surface area (Å²) in [6, 6.07) is 0. The number of esters is 3. The van der Waals surface area contributed by atoms with Gasteiger partial charge in [0.05, 0.1) is 0 Å². The molecule has 0 radical (unpaired) electrons. The lowest BCUT2D eigenvalue weighted by Gasteiger charge is -2.18. The molecule has 1 atom stereocenters. The first-order valence-electron chi connectivity index (χ1n) is 19.8. The van der Waals surface area contributed by atoms with Crippen molar-refractivity contribution >= 4 is 17.9 Å². The van der Waals surface area contributed by atoms with Crippen LogP contribution in [0.15, 0.2) is 24.8 Å². The molecule has 0 heterocycles. The van der Waals surface area contributed by atoms with Gasteiger partial charge < -0.3 is 14.2 Å². The van der Waals surface area contributed by atoms with Gasteiger partial charge in [0.2, 0.25) is 0 Å². The summed E-state index contributed by atoms with van der Waals surface area (Å²) in [6.07, 6.45) is 36.4. The molecule has 0 bridgehead atoms. The van der Waals surface area contributed by atoms with E-state index in [0.29, 0.717) is 19.3 Å². The number of carbonyl (C=O) groups is 3. The van der Waals surface area contributed by atoms with Crippen LogP contribution in [0, 0.1) is 0 Å². The highest BCUT2D eigenvalue weighted by molar-refractivity contribution is 5.71. The largest absolute Gasteiger partial charge is 0.462 e. The van der Waals surface area contributed by atoms with Crippen molar-refractivity contribution < 1.29 is 28.6 Å². The van der Waals surface area contributed by atoms with Gasteiger partial charge >= 0.3 is 17.9 Å². The third-order valence-corrected chi connectivity index (χ3v) is 8.59. The van der Waals surface area contributed by atoms with Crippen LogP contribution < -0.4 is 0 Å². The van der Waals surface area contributed by atoms with Gasteiger partial charge in [0, 0.05) is 19.3 Å². The predicted octanol–water partition coefficient (Wildman–Crippen LogP) is 12.1. The van der Waals surface area contributed by atoms with Crippen LogP contribution in [0.2, 0.25) is 0 Å².